The third-order valence-electron chi connectivity index (χ3n) is 3.26. The molecule has 2 rings (SSSR count). The molecule has 0 aliphatic heterocycles. The molecule has 1 aromatic carbocycles. The standard InChI is InChI=1S/C15H18FN3O2/c1-10(18-15(21)13-7-8-17-19(13)2)9-14(20)11-3-5-12(16)6-4-11/h3-8,10,14,20H,9H2,1-2H3,(H,18,21). The van der Waals surface area contributed by atoms with Crippen LogP contribution in [0.5, 0.6) is 0 Å². The summed E-state index contributed by atoms with van der Waals surface area (Å²) in [6, 6.07) is 7.08. The first-order valence-corrected chi connectivity index (χ1v) is 6.69. The maximum Gasteiger partial charge on any atom is 0.269 e. The Morgan fingerprint density at radius 2 is 2.05 bits per heavy atom. The van der Waals surface area contributed by atoms with E-state index in [2.05, 4.69) is 10.4 Å². The van der Waals surface area contributed by atoms with Crippen LogP contribution in [-0.2, 0) is 7.05 Å². The van der Waals surface area contributed by atoms with Gasteiger partial charge in [0.25, 0.3) is 5.91 Å². The molecule has 1 aromatic heterocycles. The monoisotopic (exact) mass is 291 g/mol. The van der Waals surface area contributed by atoms with Gasteiger partial charge in [-0.3, -0.25) is 9.48 Å². The largest absolute Gasteiger partial charge is 0.388 e. The molecule has 0 aliphatic carbocycles. The third-order valence-corrected chi connectivity index (χ3v) is 3.26. The summed E-state index contributed by atoms with van der Waals surface area (Å²) in [5, 5.41) is 16.8. The molecule has 0 saturated heterocycles. The van der Waals surface area contributed by atoms with Crippen LogP contribution in [0.2, 0.25) is 0 Å². The van der Waals surface area contributed by atoms with Gasteiger partial charge >= 0.3 is 0 Å². The maximum absolute atomic E-state index is 12.8. The van der Waals surface area contributed by atoms with Crippen molar-refractivity contribution in [3.05, 3.63) is 53.6 Å². The molecule has 2 unspecified atom stereocenters. The van der Waals surface area contributed by atoms with E-state index in [0.717, 1.165) is 0 Å². The predicted octanol–water partition coefficient (Wildman–Crippen LogP) is 1.80. The van der Waals surface area contributed by atoms with Gasteiger partial charge in [-0.1, -0.05) is 12.1 Å². The molecule has 0 spiro atoms. The molecular weight excluding hydrogens is 273 g/mol. The number of carbonyl (C=O) groups is 1. The second-order valence-corrected chi connectivity index (χ2v) is 5.02. The molecule has 0 fully saturated rings. The van der Waals surface area contributed by atoms with Gasteiger partial charge in [-0.2, -0.15) is 5.10 Å². The van der Waals surface area contributed by atoms with Gasteiger partial charge in [-0.25, -0.2) is 4.39 Å². The zero-order valence-electron chi connectivity index (χ0n) is 12.0. The average molecular weight is 291 g/mol. The molecule has 1 amide bonds. The lowest BCUT2D eigenvalue weighted by Crippen LogP contribution is -2.34. The lowest BCUT2D eigenvalue weighted by molar-refractivity contribution is 0.0907. The number of benzene rings is 1. The number of carbonyl (C=O) groups excluding carboxylic acids is 1. The van der Waals surface area contributed by atoms with E-state index in [-0.39, 0.29) is 17.8 Å². The minimum absolute atomic E-state index is 0.229. The highest BCUT2D eigenvalue weighted by molar-refractivity contribution is 5.92. The van der Waals surface area contributed by atoms with Crippen LogP contribution in [0, 0.1) is 5.82 Å². The first-order valence-electron chi connectivity index (χ1n) is 6.69. The van der Waals surface area contributed by atoms with Gasteiger partial charge < -0.3 is 10.4 Å². The molecule has 2 atom stereocenters. The second kappa shape index (κ2) is 6.49. The topological polar surface area (TPSA) is 67.2 Å². The Kier molecular flexibility index (Phi) is 4.70. The van der Waals surface area contributed by atoms with Gasteiger partial charge in [-0.15, -0.1) is 0 Å². The second-order valence-electron chi connectivity index (χ2n) is 5.02. The van der Waals surface area contributed by atoms with E-state index in [0.29, 0.717) is 17.7 Å². The van der Waals surface area contributed by atoms with Crippen LogP contribution >= 0.6 is 0 Å². The van der Waals surface area contributed by atoms with E-state index in [4.69, 9.17) is 0 Å². The summed E-state index contributed by atoms with van der Waals surface area (Å²) < 4.78 is 14.3. The van der Waals surface area contributed by atoms with E-state index in [1.807, 2.05) is 0 Å². The molecule has 0 radical (unpaired) electrons. The SMILES string of the molecule is CC(CC(O)c1ccc(F)cc1)NC(=O)c1ccnn1C. The first kappa shape index (κ1) is 15.2. The number of hydrogen-bond donors (Lipinski definition) is 2. The Hall–Kier alpha value is -2.21. The highest BCUT2D eigenvalue weighted by Crippen LogP contribution is 2.18. The molecule has 2 N–H and O–H groups in total. The number of nitrogens with zero attached hydrogens (tertiary/aromatic N) is 2. The Labute approximate surface area is 122 Å². The molecule has 1 heterocycles. The number of aromatic nitrogens is 2. The Morgan fingerprint density at radius 3 is 2.62 bits per heavy atom. The van der Waals surface area contributed by atoms with Crippen LogP contribution in [0.25, 0.3) is 0 Å². The number of nitrogens with one attached hydrogen (secondary N) is 1. The van der Waals surface area contributed by atoms with Crippen LogP contribution in [-0.4, -0.2) is 26.8 Å². The summed E-state index contributed by atoms with van der Waals surface area (Å²) in [5.41, 5.74) is 1.08. The number of hydrogen-bond acceptors (Lipinski definition) is 3. The van der Waals surface area contributed by atoms with E-state index < -0.39 is 6.10 Å². The smallest absolute Gasteiger partial charge is 0.269 e. The fourth-order valence-electron chi connectivity index (χ4n) is 2.11. The Balaban J connectivity index is 1.92. The Bertz CT molecular complexity index is 610. The third kappa shape index (κ3) is 3.88. The van der Waals surface area contributed by atoms with E-state index >= 15 is 0 Å². The maximum atomic E-state index is 12.8. The summed E-state index contributed by atoms with van der Waals surface area (Å²) in [4.78, 5) is 12.0. The summed E-state index contributed by atoms with van der Waals surface area (Å²) >= 11 is 0. The van der Waals surface area contributed by atoms with Crippen LogP contribution in [0.1, 0.15) is 35.5 Å². The van der Waals surface area contributed by atoms with Crippen molar-refractivity contribution in [2.45, 2.75) is 25.5 Å². The molecule has 0 bridgehead atoms. The van der Waals surface area contributed by atoms with Gasteiger partial charge in [0.05, 0.1) is 6.10 Å². The van der Waals surface area contributed by atoms with Crippen LogP contribution in [0.15, 0.2) is 36.5 Å². The van der Waals surface area contributed by atoms with E-state index in [1.54, 1.807) is 26.2 Å². The van der Waals surface area contributed by atoms with Crippen LogP contribution < -0.4 is 5.32 Å². The van der Waals surface area contributed by atoms with Gasteiger partial charge in [0.1, 0.15) is 11.5 Å². The van der Waals surface area contributed by atoms with Gasteiger partial charge in [-0.05, 0) is 37.1 Å². The molecule has 0 saturated carbocycles. The fourth-order valence-corrected chi connectivity index (χ4v) is 2.11. The summed E-state index contributed by atoms with van der Waals surface area (Å²) in [5.74, 6) is -0.586. The average Bonchev–Trinajstić information content (AvgIpc) is 2.85. The highest BCUT2D eigenvalue weighted by Gasteiger charge is 2.17. The van der Waals surface area contributed by atoms with Crippen LogP contribution in [0.4, 0.5) is 4.39 Å². The van der Waals surface area contributed by atoms with Crippen molar-refractivity contribution >= 4 is 5.91 Å². The van der Waals surface area contributed by atoms with E-state index in [1.165, 1.54) is 28.9 Å². The van der Waals surface area contributed by atoms with Crippen molar-refractivity contribution in [2.24, 2.45) is 7.05 Å². The molecule has 5 nitrogen and oxygen atoms in total. The summed E-state index contributed by atoms with van der Waals surface area (Å²) in [6.45, 7) is 1.81. The van der Waals surface area contributed by atoms with Crippen molar-refractivity contribution in [3.8, 4) is 0 Å². The van der Waals surface area contributed by atoms with Crippen molar-refractivity contribution in [1.82, 2.24) is 15.1 Å². The zero-order valence-corrected chi connectivity index (χ0v) is 12.0. The highest BCUT2D eigenvalue weighted by atomic mass is 19.1. The normalized spacial score (nSPS) is 13.7. The van der Waals surface area contributed by atoms with Crippen molar-refractivity contribution in [1.29, 1.82) is 0 Å². The lowest BCUT2D eigenvalue weighted by Gasteiger charge is -2.18. The quantitative estimate of drug-likeness (QED) is 0.882. The van der Waals surface area contributed by atoms with Crippen molar-refractivity contribution < 1.29 is 14.3 Å². The Morgan fingerprint density at radius 1 is 1.38 bits per heavy atom. The molecule has 21 heavy (non-hydrogen) atoms. The van der Waals surface area contributed by atoms with Crippen molar-refractivity contribution in [2.75, 3.05) is 0 Å². The van der Waals surface area contributed by atoms with Gasteiger partial charge in [0.2, 0.25) is 0 Å². The number of rotatable bonds is 5. The molecular formula is C15H18FN3O2. The minimum atomic E-state index is -0.757. The number of aliphatic hydroxyl groups excluding tert-OH is 1. The van der Waals surface area contributed by atoms with Crippen molar-refractivity contribution in [3.63, 3.8) is 0 Å². The summed E-state index contributed by atoms with van der Waals surface area (Å²) in [6.07, 6.45) is 1.13. The van der Waals surface area contributed by atoms with Crippen LogP contribution in [0.3, 0.4) is 0 Å². The number of aryl methyl sites for hydroxylation is 1. The van der Waals surface area contributed by atoms with E-state index in [9.17, 15) is 14.3 Å². The fraction of sp³-hybridized carbons (Fsp3) is 0.333. The predicted molar refractivity (Wildman–Crippen MR) is 76.1 cm³/mol. The number of aliphatic hydroxyl groups is 1. The minimum Gasteiger partial charge on any atom is -0.388 e. The molecule has 112 valence electrons. The molecule has 0 aliphatic rings. The first-order chi connectivity index (χ1) is 9.97. The lowest BCUT2D eigenvalue weighted by atomic mass is 10.0. The van der Waals surface area contributed by atoms with Gasteiger partial charge in [0.15, 0.2) is 0 Å². The summed E-state index contributed by atoms with van der Waals surface area (Å²) in [7, 11) is 1.69. The number of halogens is 1. The zero-order chi connectivity index (χ0) is 15.4. The number of amides is 1. The molecule has 6 heteroatoms. The molecule has 2 aromatic rings. The van der Waals surface area contributed by atoms with Gasteiger partial charge in [0, 0.05) is 19.3 Å².